The van der Waals surface area contributed by atoms with Gasteiger partial charge in [0.05, 0.1) is 6.07 Å². The number of nitriles is 1. The highest BCUT2D eigenvalue weighted by atomic mass is 16.2. The van der Waals surface area contributed by atoms with E-state index in [-0.39, 0.29) is 11.9 Å². The minimum absolute atomic E-state index is 0.0119. The zero-order valence-corrected chi connectivity index (χ0v) is 12.9. The SMILES string of the molecule is CC(C)(C)C(=O)NC(C#N)C1C2CC3CC(C2)CC1C3. The molecule has 3 nitrogen and oxygen atoms in total. The normalized spacial score (nSPS) is 40.2. The van der Waals surface area contributed by atoms with E-state index in [1.54, 1.807) is 0 Å². The molecule has 1 amide bonds. The lowest BCUT2D eigenvalue weighted by atomic mass is 9.50. The number of carbonyl (C=O) groups excluding carboxylic acids is 1. The molecule has 4 bridgehead atoms. The molecule has 4 aliphatic rings. The molecule has 0 aromatic rings. The molecule has 4 rings (SSSR count). The smallest absolute Gasteiger partial charge is 0.226 e. The fraction of sp³-hybridized carbons (Fsp3) is 0.882. The lowest BCUT2D eigenvalue weighted by molar-refractivity contribution is -0.130. The van der Waals surface area contributed by atoms with Crippen LogP contribution in [0.2, 0.25) is 0 Å². The van der Waals surface area contributed by atoms with Crippen molar-refractivity contribution in [2.24, 2.45) is 35.0 Å². The molecule has 0 aromatic heterocycles. The molecule has 0 heterocycles. The Morgan fingerprint density at radius 2 is 1.60 bits per heavy atom. The van der Waals surface area contributed by atoms with E-state index in [4.69, 9.17) is 0 Å². The third-order valence-electron chi connectivity index (χ3n) is 5.79. The standard InChI is InChI=1S/C17H26N2O/c1-17(2,3)16(20)19-14(9-18)15-12-5-10-4-11(7-12)8-13(15)6-10/h10-15H,4-8H2,1-3H3,(H,19,20). The summed E-state index contributed by atoms with van der Waals surface area (Å²) >= 11 is 0. The van der Waals surface area contributed by atoms with Gasteiger partial charge in [-0.05, 0) is 61.7 Å². The number of hydrogen-bond donors (Lipinski definition) is 1. The van der Waals surface area contributed by atoms with E-state index in [9.17, 15) is 10.1 Å². The second-order valence-electron chi connectivity index (χ2n) is 8.34. The number of amides is 1. The quantitative estimate of drug-likeness (QED) is 0.841. The maximum atomic E-state index is 12.2. The van der Waals surface area contributed by atoms with Crippen molar-refractivity contribution < 1.29 is 4.79 Å². The highest BCUT2D eigenvalue weighted by Gasteiger charge is 2.51. The van der Waals surface area contributed by atoms with Gasteiger partial charge in [-0.2, -0.15) is 5.26 Å². The summed E-state index contributed by atoms with van der Waals surface area (Å²) in [7, 11) is 0. The number of carbonyl (C=O) groups is 1. The lowest BCUT2D eigenvalue weighted by Crippen LogP contribution is -2.54. The van der Waals surface area contributed by atoms with E-state index >= 15 is 0 Å². The number of nitrogens with zero attached hydrogens (tertiary/aromatic N) is 1. The predicted molar refractivity (Wildman–Crippen MR) is 77.5 cm³/mol. The third-order valence-corrected chi connectivity index (χ3v) is 5.79. The predicted octanol–water partition coefficient (Wildman–Crippen LogP) is 3.11. The van der Waals surface area contributed by atoms with Crippen LogP contribution in [-0.2, 0) is 4.79 Å². The van der Waals surface area contributed by atoms with Crippen LogP contribution in [0.4, 0.5) is 0 Å². The molecule has 0 saturated heterocycles. The van der Waals surface area contributed by atoms with Crippen LogP contribution in [0.1, 0.15) is 52.9 Å². The molecule has 110 valence electrons. The minimum atomic E-state index is -0.416. The van der Waals surface area contributed by atoms with Gasteiger partial charge < -0.3 is 5.32 Å². The molecule has 4 aliphatic carbocycles. The van der Waals surface area contributed by atoms with E-state index < -0.39 is 5.41 Å². The maximum Gasteiger partial charge on any atom is 0.226 e. The van der Waals surface area contributed by atoms with Crippen LogP contribution in [0, 0.1) is 46.3 Å². The number of nitrogens with one attached hydrogen (secondary N) is 1. The van der Waals surface area contributed by atoms with Crippen molar-refractivity contribution in [3.8, 4) is 6.07 Å². The monoisotopic (exact) mass is 274 g/mol. The van der Waals surface area contributed by atoms with Crippen molar-refractivity contribution in [1.29, 1.82) is 5.26 Å². The molecule has 4 fully saturated rings. The van der Waals surface area contributed by atoms with E-state index in [1.807, 2.05) is 20.8 Å². The molecule has 0 aliphatic heterocycles. The first-order chi connectivity index (χ1) is 9.38. The van der Waals surface area contributed by atoms with Crippen molar-refractivity contribution in [3.63, 3.8) is 0 Å². The molecule has 0 aromatic carbocycles. The fourth-order valence-electron chi connectivity index (χ4n) is 5.08. The third kappa shape index (κ3) is 2.34. The van der Waals surface area contributed by atoms with Crippen molar-refractivity contribution in [2.45, 2.75) is 58.9 Å². The highest BCUT2D eigenvalue weighted by Crippen LogP contribution is 2.57. The highest BCUT2D eigenvalue weighted by molar-refractivity contribution is 5.81. The van der Waals surface area contributed by atoms with Gasteiger partial charge >= 0.3 is 0 Å². The summed E-state index contributed by atoms with van der Waals surface area (Å²) in [6, 6.07) is 2.12. The van der Waals surface area contributed by atoms with Crippen LogP contribution >= 0.6 is 0 Å². The van der Waals surface area contributed by atoms with Crippen LogP contribution < -0.4 is 5.32 Å². The summed E-state index contributed by atoms with van der Waals surface area (Å²) < 4.78 is 0. The molecule has 1 unspecified atom stereocenters. The van der Waals surface area contributed by atoms with Crippen LogP contribution in [0.15, 0.2) is 0 Å². The minimum Gasteiger partial charge on any atom is -0.340 e. The zero-order valence-electron chi connectivity index (χ0n) is 12.9. The van der Waals surface area contributed by atoms with Gasteiger partial charge in [-0.3, -0.25) is 4.79 Å². The molecule has 0 radical (unpaired) electrons. The Labute approximate surface area is 122 Å². The Kier molecular flexibility index (Phi) is 3.31. The largest absolute Gasteiger partial charge is 0.340 e. The van der Waals surface area contributed by atoms with Gasteiger partial charge in [-0.25, -0.2) is 0 Å². The van der Waals surface area contributed by atoms with Crippen molar-refractivity contribution in [1.82, 2.24) is 5.32 Å². The van der Waals surface area contributed by atoms with Crippen LogP contribution in [0.25, 0.3) is 0 Å². The molecule has 3 heteroatoms. The van der Waals surface area contributed by atoms with Gasteiger partial charge in [0, 0.05) is 5.41 Å². The van der Waals surface area contributed by atoms with Crippen LogP contribution in [0.5, 0.6) is 0 Å². The van der Waals surface area contributed by atoms with Gasteiger partial charge in [0.25, 0.3) is 0 Å². The van der Waals surface area contributed by atoms with E-state index in [0.717, 1.165) is 11.8 Å². The Balaban J connectivity index is 1.74. The van der Waals surface area contributed by atoms with Crippen molar-refractivity contribution in [3.05, 3.63) is 0 Å². The molecule has 1 atom stereocenters. The summed E-state index contributed by atoms with van der Waals surface area (Å²) in [6.45, 7) is 5.73. The first-order valence-corrected chi connectivity index (χ1v) is 8.09. The van der Waals surface area contributed by atoms with Crippen LogP contribution in [0.3, 0.4) is 0 Å². The summed E-state index contributed by atoms with van der Waals surface area (Å²) in [6.07, 6.45) is 6.59. The second-order valence-corrected chi connectivity index (χ2v) is 8.34. The Morgan fingerprint density at radius 1 is 1.10 bits per heavy atom. The average Bonchev–Trinajstić information content (AvgIpc) is 2.34. The lowest BCUT2D eigenvalue weighted by Gasteiger charge is -2.55. The maximum absolute atomic E-state index is 12.2. The summed E-state index contributed by atoms with van der Waals surface area (Å²) in [5.41, 5.74) is -0.416. The summed E-state index contributed by atoms with van der Waals surface area (Å²) in [5.74, 6) is 3.59. The van der Waals surface area contributed by atoms with E-state index in [0.29, 0.717) is 17.8 Å². The molecule has 20 heavy (non-hydrogen) atoms. The Morgan fingerprint density at radius 3 is 2.00 bits per heavy atom. The van der Waals surface area contributed by atoms with Crippen LogP contribution in [-0.4, -0.2) is 11.9 Å². The molecule has 1 N–H and O–H groups in total. The topological polar surface area (TPSA) is 52.9 Å². The number of hydrogen-bond acceptors (Lipinski definition) is 2. The van der Waals surface area contributed by atoms with Crippen molar-refractivity contribution in [2.75, 3.05) is 0 Å². The van der Waals surface area contributed by atoms with Gasteiger partial charge in [0.1, 0.15) is 6.04 Å². The zero-order chi connectivity index (χ0) is 14.5. The van der Waals surface area contributed by atoms with Gasteiger partial charge in [0.2, 0.25) is 5.91 Å². The summed E-state index contributed by atoms with van der Waals surface area (Å²) in [4.78, 5) is 12.2. The number of rotatable bonds is 2. The molecular formula is C17H26N2O. The second kappa shape index (κ2) is 4.76. The van der Waals surface area contributed by atoms with Gasteiger partial charge in [-0.15, -0.1) is 0 Å². The Hall–Kier alpha value is -1.04. The summed E-state index contributed by atoms with van der Waals surface area (Å²) in [5, 5.41) is 12.6. The van der Waals surface area contributed by atoms with E-state index in [1.165, 1.54) is 32.1 Å². The van der Waals surface area contributed by atoms with Crippen molar-refractivity contribution >= 4 is 5.91 Å². The molecule has 4 saturated carbocycles. The Bertz CT molecular complexity index is 415. The van der Waals surface area contributed by atoms with Gasteiger partial charge in [-0.1, -0.05) is 20.8 Å². The molecular weight excluding hydrogens is 248 g/mol. The van der Waals surface area contributed by atoms with Gasteiger partial charge in [0.15, 0.2) is 0 Å². The fourth-order valence-corrected chi connectivity index (χ4v) is 5.08. The first kappa shape index (κ1) is 13.9. The first-order valence-electron chi connectivity index (χ1n) is 8.09. The molecule has 0 spiro atoms. The van der Waals surface area contributed by atoms with E-state index in [2.05, 4.69) is 11.4 Å². The average molecular weight is 274 g/mol.